The maximum atomic E-state index is 14.5. The monoisotopic (exact) mass is 383 g/mol. The average Bonchev–Trinajstić information content (AvgIpc) is 3.45. The van der Waals surface area contributed by atoms with Crippen molar-refractivity contribution in [2.75, 3.05) is 6.54 Å². The number of amides is 2. The second-order valence-electron chi connectivity index (χ2n) is 8.52. The number of aromatic nitrogens is 1. The molecule has 0 bridgehead atoms. The third-order valence-electron chi connectivity index (χ3n) is 4.66. The molecule has 0 aromatic carbocycles. The summed E-state index contributed by atoms with van der Waals surface area (Å²) in [6, 6.07) is 3.37. The molecule has 2 unspecified atom stereocenters. The van der Waals surface area contributed by atoms with Crippen LogP contribution >= 0.6 is 0 Å². The molecule has 0 radical (unpaired) electrons. The van der Waals surface area contributed by atoms with Crippen molar-refractivity contribution in [3.63, 3.8) is 0 Å². The number of carbonyl (C=O) groups excluding carboxylic acids is 2. The van der Waals surface area contributed by atoms with Gasteiger partial charge in [0.1, 0.15) is 6.17 Å². The molecule has 0 aliphatic heterocycles. The number of alkyl halides is 1. The number of nitrogens with one attached hydrogen (secondary N) is 2. The van der Waals surface area contributed by atoms with E-state index in [1.165, 1.54) is 12.3 Å². The third kappa shape index (κ3) is 4.94. The number of nitrogens with zero attached hydrogens (tertiary/aromatic N) is 1. The van der Waals surface area contributed by atoms with Crippen LogP contribution in [-0.2, 0) is 4.79 Å². The number of rotatable bonds is 5. The number of allylic oxidation sites excluding steroid dienone is 4. The van der Waals surface area contributed by atoms with Crippen molar-refractivity contribution < 1.29 is 14.0 Å². The SMILES string of the molecule is CC1C(c2ccc(C(=O)NCC(C)(C)C)cn2)=CC(C(=O)NC2=CC2)=CC1F. The lowest BCUT2D eigenvalue weighted by Gasteiger charge is -2.23. The molecule has 28 heavy (non-hydrogen) atoms. The Hall–Kier alpha value is -2.76. The molecule has 1 aromatic rings. The van der Waals surface area contributed by atoms with Crippen molar-refractivity contribution in [3.8, 4) is 0 Å². The van der Waals surface area contributed by atoms with Crippen LogP contribution in [0.2, 0.25) is 0 Å². The predicted octanol–water partition coefficient (Wildman–Crippen LogP) is 3.56. The number of hydrogen-bond acceptors (Lipinski definition) is 3. The first-order valence-electron chi connectivity index (χ1n) is 9.46. The maximum Gasteiger partial charge on any atom is 0.255 e. The Morgan fingerprint density at radius 2 is 1.96 bits per heavy atom. The van der Waals surface area contributed by atoms with E-state index < -0.39 is 12.1 Å². The zero-order valence-corrected chi connectivity index (χ0v) is 16.7. The Bertz CT molecular complexity index is 876. The van der Waals surface area contributed by atoms with Crippen LogP contribution < -0.4 is 10.6 Å². The fourth-order valence-electron chi connectivity index (χ4n) is 2.80. The summed E-state index contributed by atoms with van der Waals surface area (Å²) >= 11 is 0. The van der Waals surface area contributed by atoms with Crippen LogP contribution in [0.15, 0.2) is 47.8 Å². The number of carbonyl (C=O) groups is 2. The third-order valence-corrected chi connectivity index (χ3v) is 4.66. The Morgan fingerprint density at radius 3 is 2.54 bits per heavy atom. The molecular formula is C22H26FN3O2. The molecule has 1 aromatic heterocycles. The molecule has 2 aliphatic rings. The molecular weight excluding hydrogens is 357 g/mol. The first kappa shape index (κ1) is 20.0. The molecule has 2 N–H and O–H groups in total. The van der Waals surface area contributed by atoms with Crippen LogP contribution in [0.5, 0.6) is 0 Å². The highest BCUT2D eigenvalue weighted by Gasteiger charge is 2.28. The number of pyridine rings is 1. The first-order valence-corrected chi connectivity index (χ1v) is 9.46. The summed E-state index contributed by atoms with van der Waals surface area (Å²) in [5.41, 5.74) is 2.79. The molecule has 2 aliphatic carbocycles. The number of halogens is 1. The summed E-state index contributed by atoms with van der Waals surface area (Å²) < 4.78 is 14.5. The van der Waals surface area contributed by atoms with E-state index in [0.29, 0.717) is 28.9 Å². The van der Waals surface area contributed by atoms with E-state index in [0.717, 1.165) is 12.1 Å². The van der Waals surface area contributed by atoms with Gasteiger partial charge in [-0.25, -0.2) is 4.39 Å². The minimum Gasteiger partial charge on any atom is -0.351 e. The van der Waals surface area contributed by atoms with Crippen molar-refractivity contribution in [1.29, 1.82) is 0 Å². The predicted molar refractivity (Wildman–Crippen MR) is 107 cm³/mol. The van der Waals surface area contributed by atoms with Crippen molar-refractivity contribution in [1.82, 2.24) is 15.6 Å². The highest BCUT2D eigenvalue weighted by Crippen LogP contribution is 2.33. The fraction of sp³-hybridized carbons (Fsp3) is 0.409. The van der Waals surface area contributed by atoms with Crippen molar-refractivity contribution in [3.05, 3.63) is 59.1 Å². The Labute approximate surface area is 164 Å². The lowest BCUT2D eigenvalue weighted by atomic mass is 9.86. The second-order valence-corrected chi connectivity index (χ2v) is 8.52. The van der Waals surface area contributed by atoms with Crippen LogP contribution in [0.3, 0.4) is 0 Å². The first-order chi connectivity index (χ1) is 13.1. The van der Waals surface area contributed by atoms with Gasteiger partial charge in [-0.05, 0) is 35.3 Å². The lowest BCUT2D eigenvalue weighted by molar-refractivity contribution is -0.116. The largest absolute Gasteiger partial charge is 0.351 e. The molecule has 3 rings (SSSR count). The van der Waals surface area contributed by atoms with Gasteiger partial charge in [-0.3, -0.25) is 14.6 Å². The molecule has 0 spiro atoms. The highest BCUT2D eigenvalue weighted by molar-refractivity contribution is 6.00. The van der Waals surface area contributed by atoms with Gasteiger partial charge in [0.05, 0.1) is 11.3 Å². The van der Waals surface area contributed by atoms with Gasteiger partial charge < -0.3 is 10.6 Å². The van der Waals surface area contributed by atoms with E-state index in [2.05, 4.69) is 15.6 Å². The standard InChI is InChI=1S/C22H26FN3O2/c1-13-17(9-15(10-18(13)23)21(28)26-16-6-7-16)19-8-5-14(11-24-19)20(27)25-12-22(2,3)4/h5-6,8-11,13,18H,7,12H2,1-4H3,(H,25,27)(H,26,28). The van der Waals surface area contributed by atoms with Crippen molar-refractivity contribution >= 4 is 17.4 Å². The van der Waals surface area contributed by atoms with Gasteiger partial charge in [-0.2, -0.15) is 0 Å². The van der Waals surface area contributed by atoms with Crippen LogP contribution in [0.4, 0.5) is 4.39 Å². The summed E-state index contributed by atoms with van der Waals surface area (Å²) in [6.07, 6.45) is 5.91. The normalized spacial score (nSPS) is 21.2. The van der Waals surface area contributed by atoms with Crippen molar-refractivity contribution in [2.24, 2.45) is 11.3 Å². The summed E-state index contributed by atoms with van der Waals surface area (Å²) in [5.74, 6) is -0.931. The van der Waals surface area contributed by atoms with E-state index in [9.17, 15) is 14.0 Å². The minimum absolute atomic E-state index is 0.0126. The Balaban J connectivity index is 1.76. The molecule has 148 valence electrons. The minimum atomic E-state index is -1.27. The van der Waals surface area contributed by atoms with Gasteiger partial charge in [0.2, 0.25) is 0 Å². The van der Waals surface area contributed by atoms with Crippen LogP contribution in [0.25, 0.3) is 5.57 Å². The number of hydrogen-bond donors (Lipinski definition) is 2. The Kier molecular flexibility index (Phi) is 5.49. The molecule has 2 atom stereocenters. The zero-order chi connectivity index (χ0) is 20.5. The molecule has 5 nitrogen and oxygen atoms in total. The zero-order valence-electron chi connectivity index (χ0n) is 16.7. The summed E-state index contributed by atoms with van der Waals surface area (Å²) in [7, 11) is 0. The molecule has 6 heteroatoms. The smallest absolute Gasteiger partial charge is 0.255 e. The second kappa shape index (κ2) is 7.70. The van der Waals surface area contributed by atoms with Crippen molar-refractivity contribution in [2.45, 2.75) is 40.3 Å². The lowest BCUT2D eigenvalue weighted by Crippen LogP contribution is -2.32. The topological polar surface area (TPSA) is 71.1 Å². The van der Waals surface area contributed by atoms with Gasteiger partial charge in [0, 0.05) is 36.4 Å². The van der Waals surface area contributed by atoms with E-state index in [1.807, 2.05) is 26.8 Å². The fourth-order valence-corrected chi connectivity index (χ4v) is 2.80. The molecule has 0 saturated carbocycles. The molecule has 1 heterocycles. The summed E-state index contributed by atoms with van der Waals surface area (Å²) in [4.78, 5) is 28.9. The van der Waals surface area contributed by atoms with E-state index in [4.69, 9.17) is 0 Å². The molecule has 0 saturated heterocycles. The van der Waals surface area contributed by atoms with E-state index in [-0.39, 0.29) is 17.2 Å². The highest BCUT2D eigenvalue weighted by atomic mass is 19.1. The van der Waals surface area contributed by atoms with Gasteiger partial charge in [0.15, 0.2) is 0 Å². The van der Waals surface area contributed by atoms with Gasteiger partial charge in [-0.1, -0.05) is 33.8 Å². The quantitative estimate of drug-likeness (QED) is 0.817. The van der Waals surface area contributed by atoms with E-state index in [1.54, 1.807) is 25.1 Å². The van der Waals surface area contributed by atoms with Gasteiger partial charge in [-0.15, -0.1) is 0 Å². The van der Waals surface area contributed by atoms with Crippen LogP contribution in [-0.4, -0.2) is 29.5 Å². The Morgan fingerprint density at radius 1 is 1.25 bits per heavy atom. The van der Waals surface area contributed by atoms with E-state index >= 15 is 0 Å². The summed E-state index contributed by atoms with van der Waals surface area (Å²) in [5, 5.41) is 5.63. The average molecular weight is 383 g/mol. The van der Waals surface area contributed by atoms with Crippen LogP contribution in [0.1, 0.15) is 50.2 Å². The van der Waals surface area contributed by atoms with Crippen LogP contribution in [0, 0.1) is 11.3 Å². The van der Waals surface area contributed by atoms with Gasteiger partial charge >= 0.3 is 0 Å². The molecule has 2 amide bonds. The van der Waals surface area contributed by atoms with Gasteiger partial charge in [0.25, 0.3) is 11.8 Å². The molecule has 0 fully saturated rings. The summed E-state index contributed by atoms with van der Waals surface area (Å²) in [6.45, 7) is 8.44. The maximum absolute atomic E-state index is 14.5.